The normalized spacial score (nSPS) is 11.5. The van der Waals surface area contributed by atoms with E-state index < -0.39 is 5.97 Å². The monoisotopic (exact) mass is 244 g/mol. The molecule has 0 radical (unpaired) electrons. The van der Waals surface area contributed by atoms with Crippen molar-refractivity contribution in [1.29, 1.82) is 0 Å². The zero-order valence-electron chi connectivity index (χ0n) is 8.13. The van der Waals surface area contributed by atoms with E-state index in [-0.39, 0.29) is 6.42 Å². The van der Waals surface area contributed by atoms with E-state index in [2.05, 4.69) is 0 Å². The van der Waals surface area contributed by atoms with Crippen molar-refractivity contribution >= 4 is 34.7 Å². The minimum absolute atomic E-state index is 0.0343. The summed E-state index contributed by atoms with van der Waals surface area (Å²) in [7, 11) is 0. The van der Waals surface area contributed by atoms with Crippen LogP contribution in [-0.2, 0) is 4.79 Å². The second kappa shape index (κ2) is 5.19. The molecule has 0 spiro atoms. The summed E-state index contributed by atoms with van der Waals surface area (Å²) < 4.78 is 0. The number of benzene rings is 1. The number of carbonyl (C=O) groups is 1. The minimum atomic E-state index is -0.877. The van der Waals surface area contributed by atoms with Gasteiger partial charge in [-0.1, -0.05) is 35.3 Å². The highest BCUT2D eigenvalue weighted by molar-refractivity contribution is 6.37. The van der Waals surface area contributed by atoms with Crippen molar-refractivity contribution in [3.05, 3.63) is 39.9 Å². The van der Waals surface area contributed by atoms with Gasteiger partial charge in [0.25, 0.3) is 0 Å². The quantitative estimate of drug-likeness (QED) is 0.877. The summed E-state index contributed by atoms with van der Waals surface area (Å²) in [5, 5.41) is 9.60. The summed E-state index contributed by atoms with van der Waals surface area (Å²) >= 11 is 11.9. The molecule has 1 rings (SSSR count). The molecule has 0 heterocycles. The summed E-state index contributed by atoms with van der Waals surface area (Å²) in [6.45, 7) is 1.79. The molecular weight excluding hydrogens is 235 g/mol. The second-order valence-corrected chi connectivity index (χ2v) is 3.90. The van der Waals surface area contributed by atoms with Gasteiger partial charge in [0.1, 0.15) is 0 Å². The molecular formula is C11H10Cl2O2. The molecule has 0 saturated carbocycles. The number of carboxylic acids is 1. The molecule has 1 aromatic carbocycles. The van der Waals surface area contributed by atoms with Crippen molar-refractivity contribution < 1.29 is 9.90 Å². The third kappa shape index (κ3) is 3.26. The first-order valence-electron chi connectivity index (χ1n) is 4.35. The molecule has 0 saturated heterocycles. The summed E-state index contributed by atoms with van der Waals surface area (Å²) in [5.74, 6) is -0.877. The first kappa shape index (κ1) is 12.1. The highest BCUT2D eigenvalue weighted by atomic mass is 35.5. The molecule has 0 aliphatic carbocycles. The number of hydrogen-bond donors (Lipinski definition) is 1. The van der Waals surface area contributed by atoms with Crippen molar-refractivity contribution in [2.75, 3.05) is 0 Å². The Kier molecular flexibility index (Phi) is 4.18. The van der Waals surface area contributed by atoms with Gasteiger partial charge in [-0.2, -0.15) is 0 Å². The number of hydrogen-bond acceptors (Lipinski definition) is 1. The van der Waals surface area contributed by atoms with E-state index in [0.29, 0.717) is 15.6 Å². The van der Waals surface area contributed by atoms with Crippen molar-refractivity contribution in [2.45, 2.75) is 13.3 Å². The van der Waals surface area contributed by atoms with Crippen LogP contribution in [0.15, 0.2) is 24.3 Å². The average Bonchev–Trinajstić information content (AvgIpc) is 2.14. The van der Waals surface area contributed by atoms with Gasteiger partial charge in [0.15, 0.2) is 0 Å². The smallest absolute Gasteiger partial charge is 0.307 e. The Morgan fingerprint density at radius 3 is 2.40 bits per heavy atom. The van der Waals surface area contributed by atoms with Crippen LogP contribution < -0.4 is 0 Å². The molecule has 0 amide bonds. The highest BCUT2D eigenvalue weighted by Gasteiger charge is 2.07. The third-order valence-corrected chi connectivity index (χ3v) is 2.57. The summed E-state index contributed by atoms with van der Waals surface area (Å²) in [6, 6.07) is 5.19. The lowest BCUT2D eigenvalue weighted by atomic mass is 10.1. The van der Waals surface area contributed by atoms with Crippen LogP contribution in [0.2, 0.25) is 10.0 Å². The maximum atomic E-state index is 10.4. The van der Waals surface area contributed by atoms with E-state index >= 15 is 0 Å². The first-order valence-corrected chi connectivity index (χ1v) is 5.11. The van der Waals surface area contributed by atoms with Crippen molar-refractivity contribution in [3.63, 3.8) is 0 Å². The summed E-state index contributed by atoms with van der Waals surface area (Å²) in [5.41, 5.74) is 1.47. The Morgan fingerprint density at radius 2 is 1.93 bits per heavy atom. The Morgan fingerprint density at radius 1 is 1.40 bits per heavy atom. The van der Waals surface area contributed by atoms with Crippen LogP contribution in [0.3, 0.4) is 0 Å². The predicted molar refractivity (Wildman–Crippen MR) is 62.4 cm³/mol. The van der Waals surface area contributed by atoms with Gasteiger partial charge in [-0.25, -0.2) is 0 Å². The first-order chi connectivity index (χ1) is 7.02. The van der Waals surface area contributed by atoms with Crippen LogP contribution >= 0.6 is 23.2 Å². The third-order valence-electron chi connectivity index (χ3n) is 1.94. The van der Waals surface area contributed by atoms with E-state index in [1.54, 1.807) is 31.2 Å². The zero-order chi connectivity index (χ0) is 11.4. The molecule has 0 aliphatic heterocycles. The molecule has 2 nitrogen and oxygen atoms in total. The molecule has 15 heavy (non-hydrogen) atoms. The fourth-order valence-electron chi connectivity index (χ4n) is 1.22. The van der Waals surface area contributed by atoms with Gasteiger partial charge >= 0.3 is 5.97 Å². The Labute approximate surface area is 98.1 Å². The van der Waals surface area contributed by atoms with Gasteiger partial charge in [0.2, 0.25) is 0 Å². The summed E-state index contributed by atoms with van der Waals surface area (Å²) in [4.78, 5) is 10.4. The van der Waals surface area contributed by atoms with E-state index in [0.717, 1.165) is 5.57 Å². The Bertz CT molecular complexity index is 391. The van der Waals surface area contributed by atoms with E-state index in [9.17, 15) is 4.79 Å². The topological polar surface area (TPSA) is 37.3 Å². The fourth-order valence-corrected chi connectivity index (χ4v) is 1.91. The fraction of sp³-hybridized carbons (Fsp3) is 0.182. The Balaban J connectivity index is 3.05. The molecule has 0 atom stereocenters. The van der Waals surface area contributed by atoms with Crippen LogP contribution in [0.1, 0.15) is 18.9 Å². The van der Waals surface area contributed by atoms with Gasteiger partial charge in [0.05, 0.1) is 6.42 Å². The maximum absolute atomic E-state index is 10.4. The highest BCUT2D eigenvalue weighted by Crippen LogP contribution is 2.30. The van der Waals surface area contributed by atoms with Crippen LogP contribution in [0.5, 0.6) is 0 Å². The van der Waals surface area contributed by atoms with Crippen molar-refractivity contribution in [1.82, 2.24) is 0 Å². The molecule has 0 unspecified atom stereocenters. The van der Waals surface area contributed by atoms with E-state index in [1.165, 1.54) is 0 Å². The van der Waals surface area contributed by atoms with E-state index in [4.69, 9.17) is 28.3 Å². The van der Waals surface area contributed by atoms with Gasteiger partial charge < -0.3 is 5.11 Å². The Hall–Kier alpha value is -0.990. The number of allylic oxidation sites excluding steroid dienone is 1. The van der Waals surface area contributed by atoms with Gasteiger partial charge in [0, 0.05) is 15.6 Å². The molecule has 80 valence electrons. The lowest BCUT2D eigenvalue weighted by molar-refractivity contribution is -0.135. The molecule has 0 fully saturated rings. The molecule has 0 aromatic heterocycles. The molecule has 4 heteroatoms. The molecule has 0 bridgehead atoms. The second-order valence-electron chi connectivity index (χ2n) is 3.08. The average molecular weight is 245 g/mol. The van der Waals surface area contributed by atoms with Gasteiger partial charge in [-0.3, -0.25) is 4.79 Å². The molecule has 1 N–H and O–H groups in total. The van der Waals surface area contributed by atoms with Crippen molar-refractivity contribution in [3.8, 4) is 0 Å². The lowest BCUT2D eigenvalue weighted by Gasteiger charge is -2.06. The number of rotatable bonds is 3. The van der Waals surface area contributed by atoms with E-state index in [1.807, 2.05) is 0 Å². The standard InChI is InChI=1S/C11H10Cl2O2/c1-7(5-6-10(14)15)11-8(12)3-2-4-9(11)13/h2-5H,6H2,1H3,(H,14,15)/b7-5+. The number of aliphatic carboxylic acids is 1. The van der Waals surface area contributed by atoms with Crippen molar-refractivity contribution in [2.24, 2.45) is 0 Å². The van der Waals surface area contributed by atoms with Crippen LogP contribution in [0.4, 0.5) is 0 Å². The van der Waals surface area contributed by atoms with Gasteiger partial charge in [-0.15, -0.1) is 0 Å². The molecule has 1 aromatic rings. The largest absolute Gasteiger partial charge is 0.481 e. The van der Waals surface area contributed by atoms with Crippen LogP contribution in [-0.4, -0.2) is 11.1 Å². The lowest BCUT2D eigenvalue weighted by Crippen LogP contribution is -1.92. The number of carboxylic acid groups (broad SMARTS) is 1. The van der Waals surface area contributed by atoms with Crippen LogP contribution in [0, 0.1) is 0 Å². The minimum Gasteiger partial charge on any atom is -0.481 e. The maximum Gasteiger partial charge on any atom is 0.307 e. The molecule has 0 aliphatic rings. The van der Waals surface area contributed by atoms with Gasteiger partial charge in [-0.05, 0) is 24.6 Å². The SMILES string of the molecule is C/C(=C\CC(=O)O)c1c(Cl)cccc1Cl. The zero-order valence-corrected chi connectivity index (χ0v) is 9.64. The number of halogens is 2. The van der Waals surface area contributed by atoms with Crippen LogP contribution in [0.25, 0.3) is 5.57 Å². The summed E-state index contributed by atoms with van der Waals surface area (Å²) in [6.07, 6.45) is 1.56. The predicted octanol–water partition coefficient (Wildman–Crippen LogP) is 3.87.